The van der Waals surface area contributed by atoms with Gasteiger partial charge < -0.3 is 20.1 Å². The number of carbonyl (C=O) groups is 2. The number of carboxylic acid groups (broad SMARTS) is 1. The lowest BCUT2D eigenvalue weighted by Gasteiger charge is -2.14. The largest absolute Gasteiger partial charge is 0.497 e. The number of rotatable bonds is 6. The Bertz CT molecular complexity index is 916. The number of carboxylic acids is 1. The minimum absolute atomic E-state index is 0.190. The van der Waals surface area contributed by atoms with Gasteiger partial charge >= 0.3 is 5.97 Å². The number of aromatic amines is 1. The predicted octanol–water partition coefficient (Wildman–Crippen LogP) is 2.60. The molecule has 0 fully saturated rings. The van der Waals surface area contributed by atoms with Crippen molar-refractivity contribution in [2.75, 3.05) is 7.11 Å². The average Bonchev–Trinajstić information content (AvgIpc) is 3.04. The molecule has 6 nitrogen and oxygen atoms in total. The number of H-pyrrole nitrogens is 1. The first kappa shape index (κ1) is 16.6. The number of hydrogen-bond donors (Lipinski definition) is 3. The van der Waals surface area contributed by atoms with Crippen LogP contribution in [0, 0.1) is 0 Å². The molecule has 1 heterocycles. The van der Waals surface area contributed by atoms with Crippen molar-refractivity contribution in [1.82, 2.24) is 10.3 Å². The molecule has 25 heavy (non-hydrogen) atoms. The molecule has 0 aliphatic rings. The van der Waals surface area contributed by atoms with Crippen LogP contribution in [0.4, 0.5) is 0 Å². The summed E-state index contributed by atoms with van der Waals surface area (Å²) >= 11 is 0. The van der Waals surface area contributed by atoms with Gasteiger partial charge in [-0.1, -0.05) is 24.3 Å². The fourth-order valence-corrected chi connectivity index (χ4v) is 2.73. The van der Waals surface area contributed by atoms with Gasteiger partial charge in [0.05, 0.1) is 7.11 Å². The molecule has 1 aromatic heterocycles. The van der Waals surface area contributed by atoms with Crippen molar-refractivity contribution in [3.63, 3.8) is 0 Å². The summed E-state index contributed by atoms with van der Waals surface area (Å²) in [6, 6.07) is 13.2. The van der Waals surface area contributed by atoms with E-state index in [0.29, 0.717) is 11.3 Å². The normalized spacial score (nSPS) is 11.9. The van der Waals surface area contributed by atoms with E-state index in [0.717, 1.165) is 16.5 Å². The second-order valence-electron chi connectivity index (χ2n) is 5.66. The van der Waals surface area contributed by atoms with Crippen LogP contribution in [0.1, 0.15) is 15.9 Å². The van der Waals surface area contributed by atoms with Crippen molar-refractivity contribution in [2.24, 2.45) is 0 Å². The number of hydrogen-bond acceptors (Lipinski definition) is 3. The first-order chi connectivity index (χ1) is 12.1. The number of amides is 1. The summed E-state index contributed by atoms with van der Waals surface area (Å²) in [6.07, 6.45) is 1.97. The van der Waals surface area contributed by atoms with E-state index in [-0.39, 0.29) is 6.42 Å². The first-order valence-electron chi connectivity index (χ1n) is 7.81. The summed E-state index contributed by atoms with van der Waals surface area (Å²) in [6.45, 7) is 0. The Morgan fingerprint density at radius 3 is 2.76 bits per heavy atom. The van der Waals surface area contributed by atoms with Gasteiger partial charge in [0.15, 0.2) is 0 Å². The Labute approximate surface area is 144 Å². The number of para-hydroxylation sites is 1. The topological polar surface area (TPSA) is 91.4 Å². The molecule has 2 aromatic carbocycles. The Hall–Kier alpha value is -3.28. The third kappa shape index (κ3) is 3.63. The molecule has 6 heteroatoms. The van der Waals surface area contributed by atoms with Gasteiger partial charge in [-0.25, -0.2) is 4.79 Å². The van der Waals surface area contributed by atoms with E-state index in [4.69, 9.17) is 4.74 Å². The van der Waals surface area contributed by atoms with Gasteiger partial charge in [0.1, 0.15) is 11.8 Å². The molecule has 1 amide bonds. The Balaban J connectivity index is 1.79. The number of nitrogens with one attached hydrogen (secondary N) is 2. The van der Waals surface area contributed by atoms with Gasteiger partial charge in [-0.2, -0.15) is 0 Å². The van der Waals surface area contributed by atoms with Crippen LogP contribution >= 0.6 is 0 Å². The highest BCUT2D eigenvalue weighted by molar-refractivity contribution is 5.97. The van der Waals surface area contributed by atoms with Gasteiger partial charge in [-0.05, 0) is 29.8 Å². The molecule has 0 aliphatic carbocycles. The number of methoxy groups -OCH3 is 1. The van der Waals surface area contributed by atoms with E-state index in [1.807, 2.05) is 24.3 Å². The molecule has 0 radical (unpaired) electrons. The highest BCUT2D eigenvalue weighted by Gasteiger charge is 2.22. The van der Waals surface area contributed by atoms with E-state index in [1.165, 1.54) is 7.11 Å². The summed E-state index contributed by atoms with van der Waals surface area (Å²) in [5.41, 5.74) is 2.12. The fourth-order valence-electron chi connectivity index (χ4n) is 2.73. The summed E-state index contributed by atoms with van der Waals surface area (Å²) in [5.74, 6) is -0.996. The van der Waals surface area contributed by atoms with Crippen LogP contribution in [-0.2, 0) is 11.2 Å². The predicted molar refractivity (Wildman–Crippen MR) is 93.9 cm³/mol. The smallest absolute Gasteiger partial charge is 0.326 e. The maximum atomic E-state index is 12.4. The van der Waals surface area contributed by atoms with Gasteiger partial charge in [0.25, 0.3) is 5.91 Å². The van der Waals surface area contributed by atoms with Crippen molar-refractivity contribution >= 4 is 22.8 Å². The fraction of sp³-hybridized carbons (Fsp3) is 0.158. The lowest BCUT2D eigenvalue weighted by atomic mass is 10.0. The molecule has 0 spiro atoms. The van der Waals surface area contributed by atoms with Crippen LogP contribution in [0.2, 0.25) is 0 Å². The molecule has 128 valence electrons. The van der Waals surface area contributed by atoms with Gasteiger partial charge in [0, 0.05) is 29.1 Å². The Kier molecular flexibility index (Phi) is 4.70. The van der Waals surface area contributed by atoms with Crippen molar-refractivity contribution in [2.45, 2.75) is 12.5 Å². The van der Waals surface area contributed by atoms with Crippen LogP contribution < -0.4 is 10.1 Å². The molecular weight excluding hydrogens is 320 g/mol. The lowest BCUT2D eigenvalue weighted by Crippen LogP contribution is -2.42. The van der Waals surface area contributed by atoms with Crippen LogP contribution in [0.25, 0.3) is 10.9 Å². The molecule has 0 unspecified atom stereocenters. The highest BCUT2D eigenvalue weighted by atomic mass is 16.5. The van der Waals surface area contributed by atoms with Crippen LogP contribution in [0.15, 0.2) is 54.7 Å². The zero-order valence-corrected chi connectivity index (χ0v) is 13.7. The third-order valence-corrected chi connectivity index (χ3v) is 4.03. The van der Waals surface area contributed by atoms with Crippen LogP contribution in [0.5, 0.6) is 5.75 Å². The second kappa shape index (κ2) is 7.09. The van der Waals surface area contributed by atoms with Crippen molar-refractivity contribution in [1.29, 1.82) is 0 Å². The molecule has 0 aliphatic heterocycles. The van der Waals surface area contributed by atoms with E-state index in [1.54, 1.807) is 30.5 Å². The number of carbonyl (C=O) groups excluding carboxylic acids is 1. The quantitative estimate of drug-likeness (QED) is 0.644. The molecule has 1 atom stereocenters. The Morgan fingerprint density at radius 2 is 2.00 bits per heavy atom. The van der Waals surface area contributed by atoms with E-state index in [9.17, 15) is 14.7 Å². The van der Waals surface area contributed by atoms with E-state index >= 15 is 0 Å². The van der Waals surface area contributed by atoms with Crippen molar-refractivity contribution in [3.05, 3.63) is 65.9 Å². The minimum Gasteiger partial charge on any atom is -0.497 e. The van der Waals surface area contributed by atoms with Crippen molar-refractivity contribution in [3.8, 4) is 5.75 Å². The number of aromatic nitrogens is 1. The van der Waals surface area contributed by atoms with E-state index in [2.05, 4.69) is 10.3 Å². The molecular formula is C19H18N2O4. The SMILES string of the molecule is COc1cccc(C(=O)N[C@@H](Cc2c[nH]c3ccccc23)C(=O)O)c1. The number of ether oxygens (including phenoxy) is 1. The second-order valence-corrected chi connectivity index (χ2v) is 5.66. The van der Waals surface area contributed by atoms with Gasteiger partial charge in [0.2, 0.25) is 0 Å². The molecule has 3 aromatic rings. The van der Waals surface area contributed by atoms with Crippen LogP contribution in [-0.4, -0.2) is 35.1 Å². The average molecular weight is 338 g/mol. The summed E-state index contributed by atoms with van der Waals surface area (Å²) in [5, 5.41) is 13.0. The maximum absolute atomic E-state index is 12.4. The summed E-state index contributed by atoms with van der Waals surface area (Å²) in [4.78, 5) is 27.1. The molecule has 0 bridgehead atoms. The van der Waals surface area contributed by atoms with Crippen molar-refractivity contribution < 1.29 is 19.4 Å². The molecule has 0 saturated heterocycles. The van der Waals surface area contributed by atoms with E-state index < -0.39 is 17.9 Å². The molecule has 3 N–H and O–H groups in total. The number of fused-ring (bicyclic) bond motifs is 1. The monoisotopic (exact) mass is 338 g/mol. The highest BCUT2D eigenvalue weighted by Crippen LogP contribution is 2.19. The summed E-state index contributed by atoms with van der Waals surface area (Å²) in [7, 11) is 1.51. The lowest BCUT2D eigenvalue weighted by molar-refractivity contribution is -0.139. The maximum Gasteiger partial charge on any atom is 0.326 e. The number of aliphatic carboxylic acids is 1. The first-order valence-corrected chi connectivity index (χ1v) is 7.81. The standard InChI is InChI=1S/C19H18N2O4/c1-25-14-6-4-5-12(9-14)18(22)21-17(19(23)24)10-13-11-20-16-8-3-2-7-15(13)16/h2-9,11,17,20H,10H2,1H3,(H,21,22)(H,23,24)/t17-/m0/s1. The molecule has 3 rings (SSSR count). The summed E-state index contributed by atoms with van der Waals surface area (Å²) < 4.78 is 5.09. The minimum atomic E-state index is -1.08. The van der Waals surface area contributed by atoms with Crippen LogP contribution in [0.3, 0.4) is 0 Å². The van der Waals surface area contributed by atoms with Gasteiger partial charge in [-0.15, -0.1) is 0 Å². The van der Waals surface area contributed by atoms with Gasteiger partial charge in [-0.3, -0.25) is 4.79 Å². The zero-order chi connectivity index (χ0) is 17.8. The molecule has 0 saturated carbocycles. The third-order valence-electron chi connectivity index (χ3n) is 4.03. The zero-order valence-electron chi connectivity index (χ0n) is 13.7. The number of benzene rings is 2. The Morgan fingerprint density at radius 1 is 1.20 bits per heavy atom.